The molecular weight excluding hydrogens is 242 g/mol. The highest BCUT2D eigenvalue weighted by Crippen LogP contribution is 2.51. The second kappa shape index (κ2) is 5.07. The van der Waals surface area contributed by atoms with Gasteiger partial charge in [0.05, 0.1) is 12.8 Å². The van der Waals surface area contributed by atoms with Crippen LogP contribution in [0.2, 0.25) is 0 Å². The molecule has 1 aliphatic carbocycles. The molecule has 1 saturated carbocycles. The Morgan fingerprint density at radius 2 is 2.21 bits per heavy atom. The minimum Gasteiger partial charge on any atom is -0.464 e. The van der Waals surface area contributed by atoms with Crippen molar-refractivity contribution in [3.05, 3.63) is 17.8 Å². The van der Waals surface area contributed by atoms with Crippen molar-refractivity contribution < 1.29 is 9.53 Å². The molecule has 1 aromatic rings. The number of nitrogens with one attached hydrogen (secondary N) is 1. The average molecular weight is 263 g/mol. The number of esters is 1. The topological polar surface area (TPSA) is 77.2 Å². The van der Waals surface area contributed by atoms with Crippen LogP contribution in [0.5, 0.6) is 0 Å². The van der Waals surface area contributed by atoms with Crippen molar-refractivity contribution >= 4 is 17.5 Å². The number of methoxy groups -OCH3 is 1. The first kappa shape index (κ1) is 13.6. The Morgan fingerprint density at radius 3 is 2.74 bits per heavy atom. The van der Waals surface area contributed by atoms with Gasteiger partial charge in [0, 0.05) is 6.54 Å². The number of hydrogen-bond acceptors (Lipinski definition) is 5. The summed E-state index contributed by atoms with van der Waals surface area (Å²) in [5.74, 6) is 0.743. The van der Waals surface area contributed by atoms with E-state index in [1.807, 2.05) is 0 Å². The van der Waals surface area contributed by atoms with E-state index >= 15 is 0 Å². The highest BCUT2D eigenvalue weighted by atomic mass is 16.5. The molecule has 0 aromatic carbocycles. The van der Waals surface area contributed by atoms with E-state index in [2.05, 4.69) is 28.9 Å². The molecule has 1 fully saturated rings. The van der Waals surface area contributed by atoms with E-state index in [9.17, 15) is 4.79 Å². The third kappa shape index (κ3) is 2.80. The molecule has 104 valence electrons. The van der Waals surface area contributed by atoms with Crippen LogP contribution in [0.4, 0.5) is 11.5 Å². The number of anilines is 2. The van der Waals surface area contributed by atoms with Crippen LogP contribution in [-0.2, 0) is 4.74 Å². The van der Waals surface area contributed by atoms with Crippen molar-refractivity contribution in [2.75, 3.05) is 24.7 Å². The molecule has 0 atom stereocenters. The summed E-state index contributed by atoms with van der Waals surface area (Å²) in [4.78, 5) is 15.7. The maximum absolute atomic E-state index is 11.4. The van der Waals surface area contributed by atoms with Crippen LogP contribution in [-0.4, -0.2) is 24.6 Å². The molecular formula is C14H21N3O2. The minimum absolute atomic E-state index is 0.272. The first-order chi connectivity index (χ1) is 8.98. The molecule has 0 radical (unpaired) electrons. The van der Waals surface area contributed by atoms with Gasteiger partial charge in [-0.05, 0) is 36.3 Å². The van der Waals surface area contributed by atoms with Crippen molar-refractivity contribution in [1.82, 2.24) is 4.98 Å². The minimum atomic E-state index is -0.451. The summed E-state index contributed by atoms with van der Waals surface area (Å²) in [6.07, 6.45) is 2.46. The lowest BCUT2D eigenvalue weighted by Crippen LogP contribution is -2.22. The van der Waals surface area contributed by atoms with Crippen LogP contribution < -0.4 is 11.1 Å². The van der Waals surface area contributed by atoms with E-state index in [1.165, 1.54) is 20.0 Å². The number of nitrogens with zero attached hydrogens (tertiary/aromatic N) is 1. The normalized spacial score (nSPS) is 16.2. The number of carbonyl (C=O) groups excluding carboxylic acids is 1. The van der Waals surface area contributed by atoms with Gasteiger partial charge >= 0.3 is 5.97 Å². The largest absolute Gasteiger partial charge is 0.464 e. The molecule has 0 aliphatic heterocycles. The standard InChI is InChI=1S/C14H21N3O2/c1-9(2)14(6-7-14)8-16-12-10(15)4-5-11(17-12)13(18)19-3/h4-5,9H,6-8,15H2,1-3H3,(H,16,17). The SMILES string of the molecule is COC(=O)c1ccc(N)c(NCC2(C(C)C)CC2)n1. The molecule has 0 unspecified atom stereocenters. The maximum atomic E-state index is 11.4. The Morgan fingerprint density at radius 1 is 1.53 bits per heavy atom. The number of ether oxygens (including phenoxy) is 1. The van der Waals surface area contributed by atoms with E-state index in [1.54, 1.807) is 12.1 Å². The molecule has 0 bridgehead atoms. The fraction of sp³-hybridized carbons (Fsp3) is 0.571. The molecule has 0 amide bonds. The number of carbonyl (C=O) groups is 1. The van der Waals surface area contributed by atoms with Crippen LogP contribution in [0, 0.1) is 11.3 Å². The molecule has 5 nitrogen and oxygen atoms in total. The Bertz CT molecular complexity index is 482. The molecule has 0 spiro atoms. The van der Waals surface area contributed by atoms with Gasteiger partial charge in [-0.2, -0.15) is 0 Å². The zero-order valence-corrected chi connectivity index (χ0v) is 11.7. The van der Waals surface area contributed by atoms with Crippen molar-refractivity contribution in [2.24, 2.45) is 11.3 Å². The number of rotatable bonds is 5. The van der Waals surface area contributed by atoms with E-state index in [4.69, 9.17) is 5.73 Å². The lowest BCUT2D eigenvalue weighted by atomic mass is 9.92. The third-order valence-electron chi connectivity index (χ3n) is 4.05. The number of nitrogens with two attached hydrogens (primary N) is 1. The van der Waals surface area contributed by atoms with Gasteiger partial charge in [-0.3, -0.25) is 0 Å². The highest BCUT2D eigenvalue weighted by Gasteiger charge is 2.45. The van der Waals surface area contributed by atoms with Crippen LogP contribution in [0.15, 0.2) is 12.1 Å². The molecule has 1 aromatic heterocycles. The summed E-state index contributed by atoms with van der Waals surface area (Å²) in [5, 5.41) is 3.27. The van der Waals surface area contributed by atoms with Crippen LogP contribution >= 0.6 is 0 Å². The van der Waals surface area contributed by atoms with Gasteiger partial charge < -0.3 is 15.8 Å². The zero-order chi connectivity index (χ0) is 14.0. The summed E-state index contributed by atoms with van der Waals surface area (Å²) in [6, 6.07) is 3.25. The Labute approximate surface area is 113 Å². The van der Waals surface area contributed by atoms with Gasteiger partial charge in [-0.25, -0.2) is 9.78 Å². The van der Waals surface area contributed by atoms with Gasteiger partial charge in [-0.15, -0.1) is 0 Å². The summed E-state index contributed by atoms with van der Waals surface area (Å²) in [7, 11) is 1.34. The number of pyridine rings is 1. The highest BCUT2D eigenvalue weighted by molar-refractivity contribution is 5.88. The maximum Gasteiger partial charge on any atom is 0.356 e. The van der Waals surface area contributed by atoms with E-state index in [0.717, 1.165) is 6.54 Å². The fourth-order valence-corrected chi connectivity index (χ4v) is 2.21. The summed E-state index contributed by atoms with van der Waals surface area (Å²) >= 11 is 0. The lowest BCUT2D eigenvalue weighted by molar-refractivity contribution is 0.0594. The van der Waals surface area contributed by atoms with Gasteiger partial charge in [-0.1, -0.05) is 13.8 Å². The molecule has 19 heavy (non-hydrogen) atoms. The van der Waals surface area contributed by atoms with Crippen LogP contribution in [0.3, 0.4) is 0 Å². The summed E-state index contributed by atoms with van der Waals surface area (Å²) in [6.45, 7) is 5.30. The Kier molecular flexibility index (Phi) is 3.64. The van der Waals surface area contributed by atoms with E-state index in [-0.39, 0.29) is 5.69 Å². The van der Waals surface area contributed by atoms with E-state index < -0.39 is 5.97 Å². The average Bonchev–Trinajstić information content (AvgIpc) is 3.18. The lowest BCUT2D eigenvalue weighted by Gasteiger charge is -2.21. The first-order valence-electron chi connectivity index (χ1n) is 6.57. The molecule has 5 heteroatoms. The van der Waals surface area contributed by atoms with Gasteiger partial charge in [0.1, 0.15) is 5.82 Å². The summed E-state index contributed by atoms with van der Waals surface area (Å²) in [5.41, 5.74) is 7.06. The summed E-state index contributed by atoms with van der Waals surface area (Å²) < 4.78 is 4.66. The van der Waals surface area contributed by atoms with Gasteiger partial charge in [0.25, 0.3) is 0 Å². The molecule has 2 rings (SSSR count). The zero-order valence-electron chi connectivity index (χ0n) is 11.7. The predicted molar refractivity (Wildman–Crippen MR) is 75.0 cm³/mol. The van der Waals surface area contributed by atoms with Gasteiger partial charge in [0.15, 0.2) is 5.69 Å². The number of nitrogen functional groups attached to an aromatic ring is 1. The molecule has 0 saturated heterocycles. The Balaban J connectivity index is 2.09. The third-order valence-corrected chi connectivity index (χ3v) is 4.05. The van der Waals surface area contributed by atoms with Crippen molar-refractivity contribution in [3.63, 3.8) is 0 Å². The second-order valence-corrected chi connectivity index (χ2v) is 5.50. The quantitative estimate of drug-likeness (QED) is 0.797. The van der Waals surface area contributed by atoms with Crippen LogP contribution in [0.25, 0.3) is 0 Å². The monoisotopic (exact) mass is 263 g/mol. The smallest absolute Gasteiger partial charge is 0.356 e. The van der Waals surface area contributed by atoms with Crippen molar-refractivity contribution in [2.45, 2.75) is 26.7 Å². The van der Waals surface area contributed by atoms with Gasteiger partial charge in [0.2, 0.25) is 0 Å². The number of hydrogen-bond donors (Lipinski definition) is 2. The fourth-order valence-electron chi connectivity index (χ4n) is 2.21. The Hall–Kier alpha value is -1.78. The van der Waals surface area contributed by atoms with Crippen molar-refractivity contribution in [3.8, 4) is 0 Å². The molecule has 1 heterocycles. The predicted octanol–water partition coefficient (Wildman–Crippen LogP) is 2.30. The number of aromatic nitrogens is 1. The second-order valence-electron chi connectivity index (χ2n) is 5.50. The van der Waals surface area contributed by atoms with E-state index in [0.29, 0.717) is 22.8 Å². The molecule has 3 N–H and O–H groups in total. The van der Waals surface area contributed by atoms with Crippen molar-refractivity contribution in [1.29, 1.82) is 0 Å². The van der Waals surface area contributed by atoms with Crippen LogP contribution in [0.1, 0.15) is 37.2 Å². The first-order valence-corrected chi connectivity index (χ1v) is 6.57. The molecule has 1 aliphatic rings.